The van der Waals surface area contributed by atoms with Gasteiger partial charge < -0.3 is 10.1 Å². The van der Waals surface area contributed by atoms with Crippen molar-refractivity contribution < 1.29 is 9.53 Å². The third-order valence-corrected chi connectivity index (χ3v) is 4.71. The second-order valence-electron chi connectivity index (χ2n) is 6.25. The minimum absolute atomic E-state index is 0.0262. The van der Waals surface area contributed by atoms with Gasteiger partial charge in [0.05, 0.1) is 24.4 Å². The van der Waals surface area contributed by atoms with Crippen molar-refractivity contribution in [3.8, 4) is 5.75 Å². The van der Waals surface area contributed by atoms with E-state index in [1.807, 2.05) is 24.3 Å². The molecule has 118 valence electrons. The Morgan fingerprint density at radius 1 is 1.22 bits per heavy atom. The number of rotatable bonds is 2. The van der Waals surface area contributed by atoms with Gasteiger partial charge in [0.2, 0.25) is 5.91 Å². The van der Waals surface area contributed by atoms with Crippen LogP contribution in [-0.4, -0.2) is 17.5 Å². The molecule has 4 heteroatoms. The number of benzene rings is 1. The number of nitrogens with one attached hydrogen (secondary N) is 1. The van der Waals surface area contributed by atoms with E-state index in [4.69, 9.17) is 4.74 Å². The number of aryl methyl sites for hydroxylation is 2. The SMILES string of the molecule is O=C(Nc1cnc2c(c1)CCCC2)C1CCOc2ccccc21. The van der Waals surface area contributed by atoms with E-state index in [0.29, 0.717) is 13.0 Å². The van der Waals surface area contributed by atoms with Gasteiger partial charge in [-0.05, 0) is 49.8 Å². The molecule has 23 heavy (non-hydrogen) atoms. The zero-order valence-electron chi connectivity index (χ0n) is 13.0. The van der Waals surface area contributed by atoms with Gasteiger partial charge in [-0.1, -0.05) is 18.2 Å². The lowest BCUT2D eigenvalue weighted by atomic mass is 9.92. The van der Waals surface area contributed by atoms with Crippen LogP contribution in [0.15, 0.2) is 36.5 Å². The number of ether oxygens (including phenoxy) is 1. The van der Waals surface area contributed by atoms with E-state index in [1.165, 1.54) is 24.1 Å². The van der Waals surface area contributed by atoms with E-state index < -0.39 is 0 Å². The molecule has 2 aliphatic rings. The summed E-state index contributed by atoms with van der Waals surface area (Å²) in [6.45, 7) is 0.581. The number of anilines is 1. The van der Waals surface area contributed by atoms with Gasteiger partial charge in [0.1, 0.15) is 5.75 Å². The Morgan fingerprint density at radius 2 is 2.09 bits per heavy atom. The van der Waals surface area contributed by atoms with Crippen LogP contribution in [0.2, 0.25) is 0 Å². The maximum Gasteiger partial charge on any atom is 0.232 e. The van der Waals surface area contributed by atoms with Gasteiger partial charge in [0.25, 0.3) is 0 Å². The Bertz CT molecular complexity index is 742. The number of pyridine rings is 1. The molecule has 1 aromatic heterocycles. The molecule has 1 unspecified atom stereocenters. The summed E-state index contributed by atoms with van der Waals surface area (Å²) in [7, 11) is 0. The number of fused-ring (bicyclic) bond motifs is 2. The second-order valence-corrected chi connectivity index (χ2v) is 6.25. The molecule has 0 saturated carbocycles. The fraction of sp³-hybridized carbons (Fsp3) is 0.368. The molecule has 0 bridgehead atoms. The van der Waals surface area contributed by atoms with E-state index >= 15 is 0 Å². The van der Waals surface area contributed by atoms with E-state index in [-0.39, 0.29) is 11.8 Å². The van der Waals surface area contributed by atoms with Crippen LogP contribution in [-0.2, 0) is 17.6 Å². The van der Waals surface area contributed by atoms with Crippen molar-refractivity contribution in [1.29, 1.82) is 0 Å². The van der Waals surface area contributed by atoms with Crippen molar-refractivity contribution in [3.05, 3.63) is 53.3 Å². The third-order valence-electron chi connectivity index (χ3n) is 4.71. The van der Waals surface area contributed by atoms with Crippen LogP contribution in [0.4, 0.5) is 5.69 Å². The third kappa shape index (κ3) is 2.81. The molecule has 4 nitrogen and oxygen atoms in total. The number of hydrogen-bond donors (Lipinski definition) is 1. The van der Waals surface area contributed by atoms with Gasteiger partial charge in [0, 0.05) is 11.3 Å². The normalized spacial score (nSPS) is 19.2. The fourth-order valence-electron chi connectivity index (χ4n) is 3.50. The Hall–Kier alpha value is -2.36. The maximum atomic E-state index is 12.7. The van der Waals surface area contributed by atoms with Gasteiger partial charge >= 0.3 is 0 Å². The Balaban J connectivity index is 1.55. The van der Waals surface area contributed by atoms with Crippen LogP contribution in [0.3, 0.4) is 0 Å². The summed E-state index contributed by atoms with van der Waals surface area (Å²) >= 11 is 0. The molecule has 2 aromatic rings. The first-order valence-corrected chi connectivity index (χ1v) is 8.31. The summed E-state index contributed by atoms with van der Waals surface area (Å²) in [5.41, 5.74) is 4.24. The number of carbonyl (C=O) groups is 1. The molecule has 0 fully saturated rings. The minimum Gasteiger partial charge on any atom is -0.493 e. The number of para-hydroxylation sites is 1. The van der Waals surface area contributed by atoms with Crippen molar-refractivity contribution in [2.24, 2.45) is 0 Å². The quantitative estimate of drug-likeness (QED) is 0.924. The van der Waals surface area contributed by atoms with Crippen LogP contribution >= 0.6 is 0 Å². The predicted molar refractivity (Wildman–Crippen MR) is 88.8 cm³/mol. The van der Waals surface area contributed by atoms with Crippen molar-refractivity contribution in [2.45, 2.75) is 38.0 Å². The molecule has 1 aliphatic carbocycles. The van der Waals surface area contributed by atoms with Crippen LogP contribution < -0.4 is 10.1 Å². The Kier molecular flexibility index (Phi) is 3.74. The zero-order valence-corrected chi connectivity index (χ0v) is 13.0. The van der Waals surface area contributed by atoms with E-state index in [0.717, 1.165) is 29.8 Å². The van der Waals surface area contributed by atoms with Crippen molar-refractivity contribution in [3.63, 3.8) is 0 Å². The highest BCUT2D eigenvalue weighted by Crippen LogP contribution is 2.34. The first-order valence-electron chi connectivity index (χ1n) is 8.31. The summed E-state index contributed by atoms with van der Waals surface area (Å²) in [5.74, 6) is 0.691. The number of aromatic nitrogens is 1. The lowest BCUT2D eigenvalue weighted by Crippen LogP contribution is -2.26. The molecule has 1 amide bonds. The highest BCUT2D eigenvalue weighted by molar-refractivity contribution is 5.96. The molecule has 0 spiro atoms. The molecule has 1 aliphatic heterocycles. The largest absolute Gasteiger partial charge is 0.493 e. The van der Waals surface area contributed by atoms with Gasteiger partial charge in [-0.3, -0.25) is 9.78 Å². The van der Waals surface area contributed by atoms with Crippen molar-refractivity contribution in [1.82, 2.24) is 4.98 Å². The first kappa shape index (κ1) is 14.2. The lowest BCUT2D eigenvalue weighted by molar-refractivity contribution is -0.118. The second kappa shape index (κ2) is 6.03. The van der Waals surface area contributed by atoms with Crippen LogP contribution in [0.25, 0.3) is 0 Å². The number of nitrogens with zero attached hydrogens (tertiary/aromatic N) is 1. The lowest BCUT2D eigenvalue weighted by Gasteiger charge is -2.25. The predicted octanol–water partition coefficient (Wildman–Crippen LogP) is 3.47. The molecule has 1 atom stereocenters. The van der Waals surface area contributed by atoms with E-state index in [9.17, 15) is 4.79 Å². The number of carbonyl (C=O) groups excluding carboxylic acids is 1. The van der Waals surface area contributed by atoms with Crippen molar-refractivity contribution >= 4 is 11.6 Å². The average molecular weight is 308 g/mol. The molecule has 1 N–H and O–H groups in total. The smallest absolute Gasteiger partial charge is 0.232 e. The monoisotopic (exact) mass is 308 g/mol. The van der Waals surface area contributed by atoms with Gasteiger partial charge in [0.15, 0.2) is 0 Å². The molecular weight excluding hydrogens is 288 g/mol. The summed E-state index contributed by atoms with van der Waals surface area (Å²) in [5, 5.41) is 3.05. The average Bonchev–Trinajstić information content (AvgIpc) is 2.61. The molecule has 0 saturated heterocycles. The molecule has 1 aromatic carbocycles. The highest BCUT2D eigenvalue weighted by Gasteiger charge is 2.27. The van der Waals surface area contributed by atoms with E-state index in [2.05, 4.69) is 16.4 Å². The topological polar surface area (TPSA) is 51.2 Å². The van der Waals surface area contributed by atoms with Crippen LogP contribution in [0.5, 0.6) is 5.75 Å². The van der Waals surface area contributed by atoms with E-state index in [1.54, 1.807) is 6.20 Å². The summed E-state index contributed by atoms with van der Waals surface area (Å²) in [4.78, 5) is 17.2. The number of amides is 1. The van der Waals surface area contributed by atoms with Crippen LogP contribution in [0.1, 0.15) is 42.0 Å². The first-order chi connectivity index (χ1) is 11.3. The zero-order chi connectivity index (χ0) is 15.6. The Labute approximate surface area is 135 Å². The molecule has 2 heterocycles. The van der Waals surface area contributed by atoms with Crippen molar-refractivity contribution in [2.75, 3.05) is 11.9 Å². The van der Waals surface area contributed by atoms with Gasteiger partial charge in [-0.15, -0.1) is 0 Å². The van der Waals surface area contributed by atoms with Gasteiger partial charge in [-0.25, -0.2) is 0 Å². The summed E-state index contributed by atoms with van der Waals surface area (Å²) in [6.07, 6.45) is 7.03. The van der Waals surface area contributed by atoms with Gasteiger partial charge in [-0.2, -0.15) is 0 Å². The highest BCUT2D eigenvalue weighted by atomic mass is 16.5. The summed E-state index contributed by atoms with van der Waals surface area (Å²) in [6, 6.07) is 9.88. The minimum atomic E-state index is -0.156. The molecule has 4 rings (SSSR count). The van der Waals surface area contributed by atoms with Crippen LogP contribution in [0, 0.1) is 0 Å². The molecular formula is C19H20N2O2. The Morgan fingerprint density at radius 3 is 3.04 bits per heavy atom. The fourth-order valence-corrected chi connectivity index (χ4v) is 3.50. The molecule has 0 radical (unpaired) electrons. The number of hydrogen-bond acceptors (Lipinski definition) is 3. The standard InChI is InChI=1S/C19H20N2O2/c22-19(16-9-10-23-18-8-4-2-6-15(16)18)21-14-11-13-5-1-3-7-17(13)20-12-14/h2,4,6,8,11-12,16H,1,3,5,7,9-10H2,(H,21,22). The maximum absolute atomic E-state index is 12.7. The summed E-state index contributed by atoms with van der Waals surface area (Å²) < 4.78 is 5.64.